The fraction of sp³-hybridized carbons (Fsp3) is 0.512. The summed E-state index contributed by atoms with van der Waals surface area (Å²) in [6.45, 7) is 11.6. The van der Waals surface area contributed by atoms with E-state index in [0.717, 1.165) is 85.4 Å². The molecule has 0 unspecified atom stereocenters. The van der Waals surface area contributed by atoms with Crippen molar-refractivity contribution < 1.29 is 19.1 Å². The van der Waals surface area contributed by atoms with Crippen LogP contribution in [-0.4, -0.2) is 75.7 Å². The van der Waals surface area contributed by atoms with E-state index in [1.165, 1.54) is 23.9 Å². The number of ether oxygens (including phenoxy) is 1. The van der Waals surface area contributed by atoms with Gasteiger partial charge in [-0.05, 0) is 78.2 Å². The third kappa shape index (κ3) is 7.55. The van der Waals surface area contributed by atoms with Crippen LogP contribution in [0.4, 0.5) is 4.79 Å². The molecule has 1 aliphatic carbocycles. The highest BCUT2D eigenvalue weighted by molar-refractivity contribution is 6.05. The first-order valence-corrected chi connectivity index (χ1v) is 19.6. The summed E-state index contributed by atoms with van der Waals surface area (Å²) < 4.78 is 4.81. The summed E-state index contributed by atoms with van der Waals surface area (Å²) in [6, 6.07) is 16.7. The van der Waals surface area contributed by atoms with Crippen molar-refractivity contribution in [2.24, 2.45) is 28.7 Å². The zero-order valence-electron chi connectivity index (χ0n) is 32.0. The number of imidazole rings is 1. The molecule has 10 nitrogen and oxygen atoms in total. The third-order valence-corrected chi connectivity index (χ3v) is 11.8. The number of nitrogens with zero attached hydrogens (tertiary/aromatic N) is 4. The molecule has 3 aliphatic heterocycles. The number of methoxy groups -OCH3 is 1. The van der Waals surface area contributed by atoms with Crippen LogP contribution < -0.4 is 5.32 Å². The number of rotatable bonds is 11. The first-order chi connectivity index (χ1) is 25.5. The summed E-state index contributed by atoms with van der Waals surface area (Å²) in [5.41, 5.74) is 8.99. The Morgan fingerprint density at radius 3 is 1.94 bits per heavy atom. The predicted octanol–water partition coefficient (Wildman–Crippen LogP) is 8.04. The number of nitrogens with one attached hydrogen (secondary N) is 2. The lowest BCUT2D eigenvalue weighted by atomic mass is 9.94. The van der Waals surface area contributed by atoms with E-state index >= 15 is 0 Å². The van der Waals surface area contributed by atoms with Gasteiger partial charge in [0, 0.05) is 42.8 Å². The van der Waals surface area contributed by atoms with Gasteiger partial charge in [-0.1, -0.05) is 83.1 Å². The van der Waals surface area contributed by atoms with E-state index in [2.05, 4.69) is 72.7 Å². The van der Waals surface area contributed by atoms with Crippen LogP contribution in [0.3, 0.4) is 0 Å². The second kappa shape index (κ2) is 15.3. The van der Waals surface area contributed by atoms with Crippen LogP contribution in [0.5, 0.6) is 0 Å². The maximum absolute atomic E-state index is 13.8. The predicted molar refractivity (Wildman–Crippen MR) is 208 cm³/mol. The minimum Gasteiger partial charge on any atom is -0.453 e. The van der Waals surface area contributed by atoms with Gasteiger partial charge in [0.2, 0.25) is 11.8 Å². The Hall–Kier alpha value is -4.73. The van der Waals surface area contributed by atoms with Crippen molar-refractivity contribution in [3.8, 4) is 22.4 Å². The number of aromatic nitrogens is 2. The number of hydrogen-bond acceptors (Lipinski definition) is 6. The van der Waals surface area contributed by atoms with Gasteiger partial charge in [-0.15, -0.1) is 0 Å². The van der Waals surface area contributed by atoms with Gasteiger partial charge in [0.25, 0.3) is 0 Å². The minimum atomic E-state index is -0.641. The molecule has 53 heavy (non-hydrogen) atoms. The van der Waals surface area contributed by atoms with E-state index in [0.29, 0.717) is 18.4 Å². The number of allylic oxidation sites excluding steroid dienone is 2. The summed E-state index contributed by atoms with van der Waals surface area (Å²) in [5, 5.41) is 2.76. The fourth-order valence-electron chi connectivity index (χ4n) is 8.15. The molecule has 2 N–H and O–H groups in total. The number of aromatic amines is 1. The molecular weight excluding hydrogens is 665 g/mol. The van der Waals surface area contributed by atoms with Crippen LogP contribution in [0.1, 0.15) is 97.0 Å². The van der Waals surface area contributed by atoms with E-state index in [1.54, 1.807) is 0 Å². The summed E-state index contributed by atoms with van der Waals surface area (Å²) in [4.78, 5) is 56.4. The van der Waals surface area contributed by atoms with Crippen molar-refractivity contribution >= 4 is 29.2 Å². The van der Waals surface area contributed by atoms with Crippen LogP contribution in [0.25, 0.3) is 28.0 Å². The Morgan fingerprint density at radius 1 is 0.774 bits per heavy atom. The van der Waals surface area contributed by atoms with Crippen molar-refractivity contribution in [3.05, 3.63) is 71.8 Å². The first-order valence-electron chi connectivity index (χ1n) is 19.6. The Balaban J connectivity index is 1.03. The molecule has 4 aliphatic rings. The van der Waals surface area contributed by atoms with Gasteiger partial charge >= 0.3 is 6.09 Å². The van der Waals surface area contributed by atoms with Crippen LogP contribution in [0.15, 0.2) is 65.4 Å². The molecule has 3 fully saturated rings. The summed E-state index contributed by atoms with van der Waals surface area (Å²) in [6.07, 6.45) is 8.06. The average Bonchev–Trinajstić information content (AvgIpc) is 3.61. The fourth-order valence-corrected chi connectivity index (χ4v) is 8.15. The minimum absolute atomic E-state index is 0.000658. The molecule has 2 saturated heterocycles. The third-order valence-electron chi connectivity index (χ3n) is 11.8. The molecule has 4 atom stereocenters. The number of benzene rings is 2. The average molecular weight is 719 g/mol. The van der Waals surface area contributed by atoms with Crippen molar-refractivity contribution in [1.29, 1.82) is 0 Å². The highest BCUT2D eigenvalue weighted by Gasteiger charge is 2.41. The van der Waals surface area contributed by atoms with E-state index < -0.39 is 12.1 Å². The molecule has 1 aromatic heterocycles. The lowest BCUT2D eigenvalue weighted by Gasteiger charge is -2.31. The second-order valence-electron chi connectivity index (χ2n) is 16.0. The van der Waals surface area contributed by atoms with Crippen LogP contribution in [0.2, 0.25) is 0 Å². The monoisotopic (exact) mass is 718 g/mol. The van der Waals surface area contributed by atoms with Crippen molar-refractivity contribution in [2.45, 2.75) is 97.7 Å². The van der Waals surface area contributed by atoms with Gasteiger partial charge in [0.15, 0.2) is 0 Å². The van der Waals surface area contributed by atoms with Gasteiger partial charge in [-0.25, -0.2) is 9.78 Å². The standard InChI is InChI=1S/C43H54N6O4/c1-25(2)27(5)41(50)49-22-8-10-37(49)40-44-24-35(46-40)31-17-13-29(14-18-31)28-11-15-30(16-12-28)33-23-34(45-39(33)32-19-20-32)36-9-7-21-48(36)42(51)38(26(3)4)47-43(52)53-6/h11-18,24-27,32,36-38H,7-10,19-23H2,1-6H3,(H,44,46)(H,47,52)/t27-,36-,37-,38-/m0/s1. The SMILES string of the molecule is COC(=O)N[C@H](C(=O)N1CCC[C@H]1C1=NC(C2CC2)=C(c2ccc(-c3ccc(-c4cnc([C@@H]5CCCN5C(=O)[C@@H](C)C(C)C)[nH]4)cc3)cc2)C1)C(C)C. The summed E-state index contributed by atoms with van der Waals surface area (Å²) >= 11 is 0. The maximum Gasteiger partial charge on any atom is 0.407 e. The van der Waals surface area contributed by atoms with Crippen molar-refractivity contribution in [2.75, 3.05) is 20.2 Å². The zero-order valence-corrected chi connectivity index (χ0v) is 32.0. The molecule has 0 bridgehead atoms. The molecular formula is C43H54N6O4. The van der Waals surface area contributed by atoms with Gasteiger partial charge in [-0.3, -0.25) is 14.6 Å². The topological polar surface area (TPSA) is 120 Å². The highest BCUT2D eigenvalue weighted by Crippen LogP contribution is 2.46. The smallest absolute Gasteiger partial charge is 0.407 e. The summed E-state index contributed by atoms with van der Waals surface area (Å²) in [7, 11) is 1.32. The number of H-pyrrole nitrogens is 1. The Bertz CT molecular complexity index is 1890. The van der Waals surface area contributed by atoms with Crippen LogP contribution >= 0.6 is 0 Å². The lowest BCUT2D eigenvalue weighted by Crippen LogP contribution is -2.53. The number of aliphatic imine (C=N–C) groups is 1. The molecule has 2 aromatic carbocycles. The van der Waals surface area contributed by atoms with Crippen LogP contribution in [-0.2, 0) is 14.3 Å². The van der Waals surface area contributed by atoms with E-state index in [-0.39, 0.29) is 35.7 Å². The Labute approximate surface area is 313 Å². The molecule has 10 heteroatoms. The normalized spacial score (nSPS) is 21.4. The Morgan fingerprint density at radius 2 is 1.36 bits per heavy atom. The van der Waals surface area contributed by atoms with Crippen LogP contribution in [0, 0.1) is 23.7 Å². The highest BCUT2D eigenvalue weighted by atomic mass is 16.5. The van der Waals surface area contributed by atoms with Crippen molar-refractivity contribution in [3.63, 3.8) is 0 Å². The van der Waals surface area contributed by atoms with Gasteiger partial charge in [-0.2, -0.15) is 0 Å². The van der Waals surface area contributed by atoms with Gasteiger partial charge in [0.1, 0.15) is 11.9 Å². The molecule has 3 aromatic rings. The number of hydrogen-bond donors (Lipinski definition) is 2. The van der Waals surface area contributed by atoms with Crippen molar-refractivity contribution in [1.82, 2.24) is 25.1 Å². The largest absolute Gasteiger partial charge is 0.453 e. The molecule has 0 radical (unpaired) electrons. The number of carbonyl (C=O) groups excluding carboxylic acids is 3. The quantitative estimate of drug-likeness (QED) is 0.208. The molecule has 0 spiro atoms. The first kappa shape index (κ1) is 36.6. The maximum atomic E-state index is 13.8. The van der Waals surface area contributed by atoms with Gasteiger partial charge < -0.3 is 24.8 Å². The second-order valence-corrected chi connectivity index (χ2v) is 16.0. The van der Waals surface area contributed by atoms with Gasteiger partial charge in [0.05, 0.1) is 31.1 Å². The Kier molecular flexibility index (Phi) is 10.6. The zero-order chi connectivity index (χ0) is 37.4. The number of amides is 3. The molecule has 4 heterocycles. The van der Waals surface area contributed by atoms with E-state index in [4.69, 9.17) is 14.7 Å². The number of alkyl carbamates (subject to hydrolysis) is 1. The molecule has 3 amide bonds. The summed E-state index contributed by atoms with van der Waals surface area (Å²) in [5.74, 6) is 1.73. The van der Waals surface area contributed by atoms with E-state index in [9.17, 15) is 14.4 Å². The molecule has 1 saturated carbocycles. The number of likely N-dealkylation sites (tertiary alicyclic amines) is 2. The lowest BCUT2D eigenvalue weighted by molar-refractivity contribution is -0.137. The molecule has 280 valence electrons. The molecule has 7 rings (SSSR count). The van der Waals surface area contributed by atoms with E-state index in [1.807, 2.05) is 36.8 Å². The number of carbonyl (C=O) groups is 3.